The minimum Gasteiger partial charge on any atom is -0.395 e. The Balaban J connectivity index is 3.35. The Kier molecular flexibility index (Phi) is 2.11. The molecule has 0 aliphatic heterocycles. The molecule has 0 amide bonds. The molecule has 1 aromatic carbocycles. The van der Waals surface area contributed by atoms with Crippen LogP contribution < -0.4 is 5.73 Å². The molecule has 56 valence electrons. The average Bonchev–Trinajstić information content (AvgIpc) is 1.99. The number of benzene rings is 1. The normalized spacial score (nSPS) is 9.18. The van der Waals surface area contributed by atoms with Crippen molar-refractivity contribution in [3.63, 3.8) is 0 Å². The van der Waals surface area contributed by atoms with E-state index in [1.54, 1.807) is 0 Å². The van der Waals surface area contributed by atoms with Crippen LogP contribution in [0.15, 0.2) is 16.6 Å². The summed E-state index contributed by atoms with van der Waals surface area (Å²) >= 11 is 3.02. The van der Waals surface area contributed by atoms with Gasteiger partial charge in [0.05, 0.1) is 17.3 Å². The van der Waals surface area contributed by atoms with E-state index in [9.17, 15) is 4.39 Å². The molecule has 0 radical (unpaired) electrons. The SMILES string of the molecule is N#Cc1cc(F)c(N)c(Br)c1. The van der Waals surface area contributed by atoms with Crippen LogP contribution in [0.4, 0.5) is 10.1 Å². The van der Waals surface area contributed by atoms with Gasteiger partial charge in [-0.2, -0.15) is 5.26 Å². The van der Waals surface area contributed by atoms with Crippen molar-refractivity contribution in [2.75, 3.05) is 5.73 Å². The molecule has 1 aromatic rings. The summed E-state index contributed by atoms with van der Waals surface area (Å²) in [5, 5.41) is 8.40. The molecule has 0 unspecified atom stereocenters. The van der Waals surface area contributed by atoms with Crippen LogP contribution in [0.2, 0.25) is 0 Å². The molecule has 0 saturated carbocycles. The van der Waals surface area contributed by atoms with E-state index < -0.39 is 5.82 Å². The second kappa shape index (κ2) is 2.89. The lowest BCUT2D eigenvalue weighted by Gasteiger charge is -1.98. The molecule has 0 saturated heterocycles. The van der Waals surface area contributed by atoms with E-state index >= 15 is 0 Å². The lowest BCUT2D eigenvalue weighted by Crippen LogP contribution is -1.92. The summed E-state index contributed by atoms with van der Waals surface area (Å²) in [5.41, 5.74) is 5.56. The third-order valence-electron chi connectivity index (χ3n) is 1.21. The van der Waals surface area contributed by atoms with E-state index in [1.807, 2.05) is 6.07 Å². The Morgan fingerprint density at radius 2 is 2.18 bits per heavy atom. The lowest BCUT2D eigenvalue weighted by atomic mass is 10.2. The van der Waals surface area contributed by atoms with Gasteiger partial charge in [0.25, 0.3) is 0 Å². The average molecular weight is 215 g/mol. The van der Waals surface area contributed by atoms with E-state index in [0.717, 1.165) is 6.07 Å². The van der Waals surface area contributed by atoms with Gasteiger partial charge in [0, 0.05) is 4.47 Å². The van der Waals surface area contributed by atoms with Crippen molar-refractivity contribution in [2.24, 2.45) is 0 Å². The van der Waals surface area contributed by atoms with Gasteiger partial charge in [-0.3, -0.25) is 0 Å². The summed E-state index contributed by atoms with van der Waals surface area (Å²) in [6.07, 6.45) is 0. The van der Waals surface area contributed by atoms with Crippen LogP contribution >= 0.6 is 15.9 Å². The molecule has 0 heterocycles. The first-order valence-corrected chi connectivity index (χ1v) is 3.59. The fraction of sp³-hybridized carbons (Fsp3) is 0. The summed E-state index contributed by atoms with van der Waals surface area (Å²) in [7, 11) is 0. The number of hydrogen-bond acceptors (Lipinski definition) is 2. The van der Waals surface area contributed by atoms with E-state index in [2.05, 4.69) is 15.9 Å². The maximum absolute atomic E-state index is 12.7. The third-order valence-corrected chi connectivity index (χ3v) is 1.86. The number of halogens is 2. The second-order valence-corrected chi connectivity index (χ2v) is 2.82. The molecule has 0 fully saturated rings. The van der Waals surface area contributed by atoms with Gasteiger partial charge in [0.1, 0.15) is 5.82 Å². The molecule has 2 N–H and O–H groups in total. The Morgan fingerprint density at radius 1 is 1.55 bits per heavy atom. The molecule has 0 aliphatic carbocycles. The van der Waals surface area contributed by atoms with Crippen LogP contribution in [0.25, 0.3) is 0 Å². The molecular formula is C7H4BrFN2. The Hall–Kier alpha value is -1.08. The molecule has 0 atom stereocenters. The van der Waals surface area contributed by atoms with Crippen molar-refractivity contribution in [2.45, 2.75) is 0 Å². The maximum atomic E-state index is 12.7. The highest BCUT2D eigenvalue weighted by Gasteiger charge is 2.04. The Bertz CT molecular complexity index is 307. The van der Waals surface area contributed by atoms with Crippen molar-refractivity contribution >= 4 is 21.6 Å². The number of hydrogen-bond donors (Lipinski definition) is 1. The summed E-state index contributed by atoms with van der Waals surface area (Å²) in [6.45, 7) is 0. The minimum absolute atomic E-state index is 0.0315. The first-order chi connectivity index (χ1) is 5.15. The van der Waals surface area contributed by atoms with Gasteiger partial charge in [-0.05, 0) is 28.1 Å². The molecule has 0 aliphatic rings. The summed E-state index contributed by atoms with van der Waals surface area (Å²) < 4.78 is 13.1. The molecule has 4 heteroatoms. The molecule has 0 bridgehead atoms. The van der Waals surface area contributed by atoms with Crippen molar-refractivity contribution in [1.82, 2.24) is 0 Å². The minimum atomic E-state index is -0.573. The zero-order valence-corrected chi connectivity index (χ0v) is 7.02. The van der Waals surface area contributed by atoms with Crippen LogP contribution in [0.5, 0.6) is 0 Å². The number of nitriles is 1. The zero-order valence-electron chi connectivity index (χ0n) is 5.44. The van der Waals surface area contributed by atoms with Gasteiger partial charge in [-0.25, -0.2) is 4.39 Å². The highest BCUT2D eigenvalue weighted by Crippen LogP contribution is 2.23. The Morgan fingerprint density at radius 3 is 2.64 bits per heavy atom. The number of nitrogen functional groups attached to an aromatic ring is 1. The van der Waals surface area contributed by atoms with Crippen molar-refractivity contribution < 1.29 is 4.39 Å². The largest absolute Gasteiger partial charge is 0.395 e. The fourth-order valence-electron chi connectivity index (χ4n) is 0.649. The van der Waals surface area contributed by atoms with Crippen LogP contribution in [-0.2, 0) is 0 Å². The molecule has 2 nitrogen and oxygen atoms in total. The molecular weight excluding hydrogens is 211 g/mol. The van der Waals surface area contributed by atoms with Crippen molar-refractivity contribution in [3.8, 4) is 6.07 Å². The van der Waals surface area contributed by atoms with Gasteiger partial charge in [-0.15, -0.1) is 0 Å². The van der Waals surface area contributed by atoms with Crippen LogP contribution in [0.3, 0.4) is 0 Å². The van der Waals surface area contributed by atoms with E-state index in [-0.39, 0.29) is 11.3 Å². The van der Waals surface area contributed by atoms with Gasteiger partial charge >= 0.3 is 0 Å². The highest BCUT2D eigenvalue weighted by atomic mass is 79.9. The van der Waals surface area contributed by atoms with E-state index in [1.165, 1.54) is 6.07 Å². The monoisotopic (exact) mass is 214 g/mol. The van der Waals surface area contributed by atoms with E-state index in [4.69, 9.17) is 11.0 Å². The van der Waals surface area contributed by atoms with Crippen LogP contribution in [0, 0.1) is 17.1 Å². The smallest absolute Gasteiger partial charge is 0.148 e. The quantitative estimate of drug-likeness (QED) is 0.673. The summed E-state index contributed by atoms with van der Waals surface area (Å²) in [6, 6.07) is 4.38. The number of anilines is 1. The topological polar surface area (TPSA) is 49.8 Å². The summed E-state index contributed by atoms with van der Waals surface area (Å²) in [5.74, 6) is -0.573. The molecule has 0 aromatic heterocycles. The Labute approximate surface area is 71.6 Å². The van der Waals surface area contributed by atoms with Gasteiger partial charge < -0.3 is 5.73 Å². The van der Waals surface area contributed by atoms with Crippen LogP contribution in [0.1, 0.15) is 5.56 Å². The standard InChI is InChI=1S/C7H4BrFN2/c8-5-1-4(3-10)2-6(9)7(5)11/h1-2H,11H2. The fourth-order valence-corrected chi connectivity index (χ4v) is 1.08. The number of nitrogens with two attached hydrogens (primary N) is 1. The van der Waals surface area contributed by atoms with Crippen molar-refractivity contribution in [3.05, 3.63) is 28.0 Å². The molecule has 0 spiro atoms. The molecule has 11 heavy (non-hydrogen) atoms. The summed E-state index contributed by atoms with van der Waals surface area (Å²) in [4.78, 5) is 0. The van der Waals surface area contributed by atoms with E-state index in [0.29, 0.717) is 4.47 Å². The predicted molar refractivity (Wildman–Crippen MR) is 43.2 cm³/mol. The number of rotatable bonds is 0. The van der Waals surface area contributed by atoms with Gasteiger partial charge in [-0.1, -0.05) is 0 Å². The highest BCUT2D eigenvalue weighted by molar-refractivity contribution is 9.10. The first-order valence-electron chi connectivity index (χ1n) is 2.79. The maximum Gasteiger partial charge on any atom is 0.148 e. The van der Waals surface area contributed by atoms with Gasteiger partial charge in [0.15, 0.2) is 0 Å². The lowest BCUT2D eigenvalue weighted by molar-refractivity contribution is 0.631. The van der Waals surface area contributed by atoms with Crippen molar-refractivity contribution in [1.29, 1.82) is 5.26 Å². The number of nitrogens with zero attached hydrogens (tertiary/aromatic N) is 1. The zero-order chi connectivity index (χ0) is 8.43. The van der Waals surface area contributed by atoms with Crippen LogP contribution in [-0.4, -0.2) is 0 Å². The second-order valence-electron chi connectivity index (χ2n) is 1.97. The predicted octanol–water partition coefficient (Wildman–Crippen LogP) is 2.04. The first kappa shape index (κ1) is 8.02. The molecule has 1 rings (SSSR count). The van der Waals surface area contributed by atoms with Gasteiger partial charge in [0.2, 0.25) is 0 Å². The third kappa shape index (κ3) is 1.49.